The van der Waals surface area contributed by atoms with Crippen molar-refractivity contribution in [3.05, 3.63) is 29.8 Å². The molecule has 1 aliphatic rings. The van der Waals surface area contributed by atoms with Crippen molar-refractivity contribution in [1.29, 1.82) is 0 Å². The Labute approximate surface area is 87.5 Å². The average molecular weight is 226 g/mol. The maximum Gasteiger partial charge on any atom is 0.325 e. The van der Waals surface area contributed by atoms with E-state index in [4.69, 9.17) is 5.11 Å². The molecule has 2 rings (SSSR count). The lowest BCUT2D eigenvalue weighted by atomic mass is 10.0. The zero-order valence-corrected chi connectivity index (χ0v) is 8.91. The van der Waals surface area contributed by atoms with Gasteiger partial charge in [-0.2, -0.15) is 0 Å². The number of benzene rings is 1. The van der Waals surface area contributed by atoms with Crippen LogP contribution in [0.1, 0.15) is 12.5 Å². The van der Waals surface area contributed by atoms with Crippen LogP contribution in [0.25, 0.3) is 0 Å². The normalized spacial score (nSPS) is 27.3. The Balaban J connectivity index is 2.73. The van der Waals surface area contributed by atoms with Crippen LogP contribution in [0.3, 0.4) is 0 Å². The maximum atomic E-state index is 12.0. The van der Waals surface area contributed by atoms with Gasteiger partial charge in [0.1, 0.15) is 0 Å². The van der Waals surface area contributed by atoms with Crippen molar-refractivity contribution in [2.24, 2.45) is 0 Å². The average Bonchev–Trinajstić information content (AvgIpc) is 2.37. The molecule has 15 heavy (non-hydrogen) atoms. The van der Waals surface area contributed by atoms with Gasteiger partial charge in [0.2, 0.25) is 0 Å². The SMILES string of the molecule is CC1(C(=O)O)Cc2ccccc2S1(=O)=O. The van der Waals surface area contributed by atoms with Crippen molar-refractivity contribution in [3.63, 3.8) is 0 Å². The number of carboxylic acid groups (broad SMARTS) is 1. The van der Waals surface area contributed by atoms with E-state index in [1.54, 1.807) is 18.2 Å². The smallest absolute Gasteiger partial charge is 0.325 e. The Kier molecular flexibility index (Phi) is 1.91. The predicted molar refractivity (Wildman–Crippen MR) is 53.4 cm³/mol. The highest BCUT2D eigenvalue weighted by atomic mass is 32.2. The molecule has 80 valence electrons. The Hall–Kier alpha value is -1.36. The summed E-state index contributed by atoms with van der Waals surface area (Å²) in [6, 6.07) is 6.42. The summed E-state index contributed by atoms with van der Waals surface area (Å²) in [5.41, 5.74) is 0.586. The van der Waals surface area contributed by atoms with Crippen molar-refractivity contribution in [2.75, 3.05) is 0 Å². The quantitative estimate of drug-likeness (QED) is 0.771. The lowest BCUT2D eigenvalue weighted by molar-refractivity contribution is -0.139. The predicted octanol–water partition coefficient (Wildman–Crippen LogP) is 0.860. The summed E-state index contributed by atoms with van der Waals surface area (Å²) in [6.45, 7) is 1.25. The second-order valence-electron chi connectivity index (χ2n) is 3.82. The Bertz CT molecular complexity index is 532. The molecule has 1 atom stereocenters. The molecule has 0 bridgehead atoms. The van der Waals surface area contributed by atoms with Crippen LogP contribution in [0.15, 0.2) is 29.2 Å². The summed E-state index contributed by atoms with van der Waals surface area (Å²) in [6.07, 6.45) is 0.0425. The minimum absolute atomic E-state index is 0.0425. The minimum Gasteiger partial charge on any atom is -0.480 e. The van der Waals surface area contributed by atoms with Crippen LogP contribution in [-0.4, -0.2) is 24.2 Å². The number of hydrogen-bond acceptors (Lipinski definition) is 3. The molecule has 1 unspecified atom stereocenters. The van der Waals surface area contributed by atoms with Crippen molar-refractivity contribution in [2.45, 2.75) is 23.0 Å². The standard InChI is InChI=1S/C10H10O4S/c1-10(9(11)12)6-7-4-2-3-5-8(7)15(10,13)14/h2-5H,6H2,1H3,(H,11,12). The fraction of sp³-hybridized carbons (Fsp3) is 0.300. The second kappa shape index (κ2) is 2.82. The van der Waals surface area contributed by atoms with Gasteiger partial charge in [-0.15, -0.1) is 0 Å². The molecule has 0 aliphatic carbocycles. The zero-order valence-electron chi connectivity index (χ0n) is 8.10. The number of carboxylic acids is 1. The summed E-state index contributed by atoms with van der Waals surface area (Å²) in [4.78, 5) is 11.2. The number of sulfone groups is 1. The van der Waals surface area contributed by atoms with Crippen LogP contribution in [0.5, 0.6) is 0 Å². The first-order chi connectivity index (χ1) is 6.89. The summed E-state index contributed by atoms with van der Waals surface area (Å²) in [7, 11) is -3.74. The number of rotatable bonds is 1. The van der Waals surface area contributed by atoms with Gasteiger partial charge >= 0.3 is 5.97 Å². The fourth-order valence-electron chi connectivity index (χ4n) is 1.80. The van der Waals surface area contributed by atoms with Gasteiger partial charge in [-0.25, -0.2) is 8.42 Å². The number of carbonyl (C=O) groups is 1. The Morgan fingerprint density at radius 3 is 2.53 bits per heavy atom. The van der Waals surface area contributed by atoms with E-state index in [-0.39, 0.29) is 11.3 Å². The molecule has 0 amide bonds. The molecule has 0 aromatic heterocycles. The molecule has 0 saturated heterocycles. The van der Waals surface area contributed by atoms with Gasteiger partial charge in [0.15, 0.2) is 14.6 Å². The molecule has 0 fully saturated rings. The summed E-state index contributed by atoms with van der Waals surface area (Å²) in [5, 5.41) is 9.00. The molecule has 1 aliphatic heterocycles. The van der Waals surface area contributed by atoms with Gasteiger partial charge in [0.25, 0.3) is 0 Å². The third-order valence-electron chi connectivity index (χ3n) is 2.84. The van der Waals surface area contributed by atoms with Gasteiger partial charge in [-0.05, 0) is 18.6 Å². The van der Waals surface area contributed by atoms with Crippen molar-refractivity contribution < 1.29 is 18.3 Å². The fourth-order valence-corrected chi connectivity index (χ4v) is 3.61. The molecule has 1 N–H and O–H groups in total. The molecule has 5 heteroatoms. The largest absolute Gasteiger partial charge is 0.480 e. The Morgan fingerprint density at radius 2 is 2.00 bits per heavy atom. The molecule has 1 aromatic rings. The highest BCUT2D eigenvalue weighted by molar-refractivity contribution is 7.94. The topological polar surface area (TPSA) is 71.4 Å². The number of aliphatic carboxylic acids is 1. The third-order valence-corrected chi connectivity index (χ3v) is 5.32. The third kappa shape index (κ3) is 1.13. The summed E-state index contributed by atoms with van der Waals surface area (Å²) >= 11 is 0. The van der Waals surface area contributed by atoms with Crippen LogP contribution in [0.2, 0.25) is 0 Å². The molecule has 1 aromatic carbocycles. The first-order valence-electron chi connectivity index (χ1n) is 4.45. The van der Waals surface area contributed by atoms with Gasteiger partial charge < -0.3 is 5.11 Å². The molecule has 0 saturated carbocycles. The number of fused-ring (bicyclic) bond motifs is 1. The van der Waals surface area contributed by atoms with Crippen molar-refractivity contribution in [1.82, 2.24) is 0 Å². The van der Waals surface area contributed by atoms with Crippen molar-refractivity contribution in [3.8, 4) is 0 Å². The van der Waals surface area contributed by atoms with E-state index in [9.17, 15) is 13.2 Å². The van der Waals surface area contributed by atoms with E-state index < -0.39 is 20.6 Å². The van der Waals surface area contributed by atoms with Crippen molar-refractivity contribution >= 4 is 15.8 Å². The summed E-state index contributed by atoms with van der Waals surface area (Å²) < 4.78 is 22.2. The van der Waals surface area contributed by atoms with Crippen LogP contribution in [0.4, 0.5) is 0 Å². The van der Waals surface area contributed by atoms with E-state index in [2.05, 4.69) is 0 Å². The lowest BCUT2D eigenvalue weighted by Gasteiger charge is -2.16. The van der Waals surface area contributed by atoms with Gasteiger partial charge in [0.05, 0.1) is 4.90 Å². The molecule has 0 radical (unpaired) electrons. The molecule has 4 nitrogen and oxygen atoms in total. The first kappa shape index (κ1) is 10.2. The minimum atomic E-state index is -3.74. The highest BCUT2D eigenvalue weighted by Gasteiger charge is 2.53. The lowest BCUT2D eigenvalue weighted by Crippen LogP contribution is -2.41. The van der Waals surface area contributed by atoms with Crippen LogP contribution < -0.4 is 0 Å². The van der Waals surface area contributed by atoms with Crippen LogP contribution >= 0.6 is 0 Å². The van der Waals surface area contributed by atoms with Crippen LogP contribution in [0, 0.1) is 0 Å². The van der Waals surface area contributed by atoms with Gasteiger partial charge in [-0.3, -0.25) is 4.79 Å². The monoisotopic (exact) mass is 226 g/mol. The van der Waals surface area contributed by atoms with E-state index in [1.807, 2.05) is 0 Å². The Morgan fingerprint density at radius 1 is 1.40 bits per heavy atom. The van der Waals surface area contributed by atoms with E-state index in [0.717, 1.165) is 0 Å². The molecule has 1 heterocycles. The van der Waals surface area contributed by atoms with Crippen LogP contribution in [-0.2, 0) is 21.1 Å². The summed E-state index contributed by atoms with van der Waals surface area (Å²) in [5.74, 6) is -1.29. The van der Waals surface area contributed by atoms with Gasteiger partial charge in [0, 0.05) is 6.42 Å². The van der Waals surface area contributed by atoms with E-state index in [1.165, 1.54) is 13.0 Å². The highest BCUT2D eigenvalue weighted by Crippen LogP contribution is 2.38. The number of hydrogen-bond donors (Lipinski definition) is 1. The zero-order chi connectivity index (χ0) is 11.3. The molecule has 0 spiro atoms. The molecular formula is C10H10O4S. The maximum absolute atomic E-state index is 12.0. The second-order valence-corrected chi connectivity index (χ2v) is 6.17. The van der Waals surface area contributed by atoms with Gasteiger partial charge in [-0.1, -0.05) is 18.2 Å². The van der Waals surface area contributed by atoms with E-state index in [0.29, 0.717) is 5.56 Å². The molecular weight excluding hydrogens is 216 g/mol. The first-order valence-corrected chi connectivity index (χ1v) is 5.94. The van der Waals surface area contributed by atoms with E-state index >= 15 is 0 Å².